The lowest BCUT2D eigenvalue weighted by Gasteiger charge is -2.17. The van der Waals surface area contributed by atoms with E-state index in [-0.39, 0.29) is 11.6 Å². The van der Waals surface area contributed by atoms with Crippen molar-refractivity contribution in [2.75, 3.05) is 20.8 Å². The Kier molecular flexibility index (Phi) is 10.3. The Bertz CT molecular complexity index is 1600. The van der Waals surface area contributed by atoms with Gasteiger partial charge in [0.05, 0.1) is 44.3 Å². The first-order chi connectivity index (χ1) is 20.4. The third kappa shape index (κ3) is 6.79. The summed E-state index contributed by atoms with van der Waals surface area (Å²) in [6, 6.07) is 23.9. The summed E-state index contributed by atoms with van der Waals surface area (Å²) in [6.45, 7) is 11.2. The number of rotatable bonds is 11. The molecular formula is C35H39N3O4. The molecule has 7 heteroatoms. The lowest BCUT2D eigenvalue weighted by Crippen LogP contribution is -2.29. The van der Waals surface area contributed by atoms with Crippen LogP contribution >= 0.6 is 0 Å². The van der Waals surface area contributed by atoms with Crippen LogP contribution in [0.25, 0.3) is 28.0 Å². The first kappa shape index (κ1) is 30.3. The van der Waals surface area contributed by atoms with Crippen molar-refractivity contribution in [1.29, 1.82) is 0 Å². The molecule has 0 aliphatic carbocycles. The molecule has 7 nitrogen and oxygen atoms in total. The van der Waals surface area contributed by atoms with Crippen LogP contribution in [0.4, 0.5) is 0 Å². The van der Waals surface area contributed by atoms with Gasteiger partial charge in [0.15, 0.2) is 0 Å². The zero-order valence-electron chi connectivity index (χ0n) is 25.1. The highest BCUT2D eigenvalue weighted by Gasteiger charge is 2.18. The van der Waals surface area contributed by atoms with Crippen molar-refractivity contribution in [1.82, 2.24) is 9.55 Å². The molecular weight excluding hydrogens is 526 g/mol. The number of hydrogen-bond acceptors (Lipinski definition) is 6. The van der Waals surface area contributed by atoms with E-state index in [0.29, 0.717) is 30.8 Å². The molecule has 0 N–H and O–H groups in total. The number of benzene rings is 3. The van der Waals surface area contributed by atoms with Crippen molar-refractivity contribution in [2.24, 2.45) is 4.99 Å². The summed E-state index contributed by atoms with van der Waals surface area (Å²) in [5.41, 5.74) is 6.72. The summed E-state index contributed by atoms with van der Waals surface area (Å²) in [5, 5.41) is 0. The van der Waals surface area contributed by atoms with Crippen LogP contribution in [0.5, 0.6) is 5.75 Å². The van der Waals surface area contributed by atoms with E-state index in [9.17, 15) is 4.79 Å². The van der Waals surface area contributed by atoms with Gasteiger partial charge in [-0.3, -0.25) is 9.36 Å². The minimum absolute atomic E-state index is 0.0230. The molecule has 4 rings (SSSR count). The quantitative estimate of drug-likeness (QED) is 0.143. The van der Waals surface area contributed by atoms with Crippen molar-refractivity contribution >= 4 is 11.8 Å². The van der Waals surface area contributed by atoms with Gasteiger partial charge in [-0.15, -0.1) is 0 Å². The Morgan fingerprint density at radius 3 is 2.19 bits per heavy atom. The third-order valence-electron chi connectivity index (χ3n) is 7.00. The molecule has 0 unspecified atom stereocenters. The predicted molar refractivity (Wildman–Crippen MR) is 170 cm³/mol. The zero-order chi connectivity index (χ0) is 30.1. The third-order valence-corrected chi connectivity index (χ3v) is 7.00. The fourth-order valence-corrected chi connectivity index (χ4v) is 4.96. The van der Waals surface area contributed by atoms with Crippen molar-refractivity contribution in [3.63, 3.8) is 0 Å². The van der Waals surface area contributed by atoms with E-state index in [1.54, 1.807) is 0 Å². The molecule has 1 aromatic heterocycles. The van der Waals surface area contributed by atoms with Gasteiger partial charge in [0, 0.05) is 12.0 Å². The maximum absolute atomic E-state index is 14.1. The van der Waals surface area contributed by atoms with Gasteiger partial charge in [-0.05, 0) is 54.2 Å². The molecule has 0 fully saturated rings. The van der Waals surface area contributed by atoms with Gasteiger partial charge >= 0.3 is 6.08 Å². The van der Waals surface area contributed by atoms with Gasteiger partial charge in [-0.2, -0.15) is 4.99 Å². The second-order valence-electron chi connectivity index (χ2n) is 9.78. The van der Waals surface area contributed by atoms with E-state index in [2.05, 4.69) is 42.8 Å². The molecule has 0 aliphatic heterocycles. The normalized spacial score (nSPS) is 10.7. The summed E-state index contributed by atoms with van der Waals surface area (Å²) in [5.74, 6) is 1.59. The van der Waals surface area contributed by atoms with Crippen LogP contribution in [0, 0.1) is 0 Å². The summed E-state index contributed by atoms with van der Waals surface area (Å²) in [7, 11) is 3.01. The zero-order valence-corrected chi connectivity index (χ0v) is 25.1. The lowest BCUT2D eigenvalue weighted by atomic mass is 9.97. The SMILES string of the molecule is C=C(N=C(OC)OC)c1ccccc1-c1ccc(Cn2c(CCC)nc(CC)c(-c3ccc(OCC)cc3)c2=O)cc1. The number of ether oxygens (including phenoxy) is 3. The van der Waals surface area contributed by atoms with Crippen LogP contribution in [0.15, 0.2) is 89.2 Å². The molecule has 1 heterocycles. The summed E-state index contributed by atoms with van der Waals surface area (Å²) < 4.78 is 17.7. The molecule has 0 bridgehead atoms. The Balaban J connectivity index is 1.70. The van der Waals surface area contributed by atoms with Gasteiger partial charge in [-0.25, -0.2) is 4.98 Å². The first-order valence-corrected chi connectivity index (χ1v) is 14.3. The molecule has 4 aromatic rings. The topological polar surface area (TPSA) is 74.9 Å². The standard InChI is InChI=1S/C35H39N3O4/c1-7-12-32-37-31(8-2)33(27-19-21-28(22-20-27)42-9-3)34(39)38(32)23-25-15-17-26(18-16-25)30-14-11-10-13-29(30)24(4)36-35(40-5)41-6/h10-11,13-22H,4,7-9,12,23H2,1-3,5-6H3. The number of aliphatic imine (C=N–C) groups is 1. The highest BCUT2D eigenvalue weighted by molar-refractivity contribution is 5.84. The van der Waals surface area contributed by atoms with Gasteiger partial charge in [0.2, 0.25) is 0 Å². The van der Waals surface area contributed by atoms with Crippen LogP contribution in [0.2, 0.25) is 0 Å². The fraction of sp³-hybridized carbons (Fsp3) is 0.286. The van der Waals surface area contributed by atoms with Crippen LogP contribution < -0.4 is 10.3 Å². The fourth-order valence-electron chi connectivity index (χ4n) is 4.96. The van der Waals surface area contributed by atoms with Crippen molar-refractivity contribution in [3.05, 3.63) is 112 Å². The van der Waals surface area contributed by atoms with E-state index >= 15 is 0 Å². The molecule has 0 saturated carbocycles. The number of hydrogen-bond donors (Lipinski definition) is 0. The number of aromatic nitrogens is 2. The molecule has 0 radical (unpaired) electrons. The second kappa shape index (κ2) is 14.3. The molecule has 42 heavy (non-hydrogen) atoms. The van der Waals surface area contributed by atoms with Crippen molar-refractivity contribution < 1.29 is 14.2 Å². The lowest BCUT2D eigenvalue weighted by molar-refractivity contribution is 0.243. The second-order valence-corrected chi connectivity index (χ2v) is 9.78. The van der Waals surface area contributed by atoms with E-state index in [1.807, 2.05) is 66.9 Å². The molecule has 0 saturated heterocycles. The molecule has 0 amide bonds. The molecule has 0 spiro atoms. The highest BCUT2D eigenvalue weighted by atomic mass is 16.7. The van der Waals surface area contributed by atoms with E-state index in [0.717, 1.165) is 57.9 Å². The van der Waals surface area contributed by atoms with Gasteiger partial charge < -0.3 is 14.2 Å². The molecule has 0 atom stereocenters. The van der Waals surface area contributed by atoms with Crippen LogP contribution in [-0.4, -0.2) is 36.5 Å². The maximum Gasteiger partial charge on any atom is 0.388 e. The molecule has 0 aliphatic rings. The van der Waals surface area contributed by atoms with E-state index < -0.39 is 0 Å². The average Bonchev–Trinajstić information content (AvgIpc) is 3.02. The first-order valence-electron chi connectivity index (χ1n) is 14.3. The van der Waals surface area contributed by atoms with Crippen molar-refractivity contribution in [3.8, 4) is 28.0 Å². The monoisotopic (exact) mass is 565 g/mol. The number of aryl methyl sites for hydroxylation is 2. The summed E-state index contributed by atoms with van der Waals surface area (Å²) >= 11 is 0. The Morgan fingerprint density at radius 1 is 0.905 bits per heavy atom. The molecule has 218 valence electrons. The largest absolute Gasteiger partial charge is 0.494 e. The van der Waals surface area contributed by atoms with Crippen LogP contribution in [0.3, 0.4) is 0 Å². The minimum atomic E-state index is -0.0230. The number of methoxy groups -OCH3 is 2. The van der Waals surface area contributed by atoms with E-state index in [4.69, 9.17) is 19.2 Å². The van der Waals surface area contributed by atoms with Gasteiger partial charge in [0.1, 0.15) is 11.6 Å². The maximum atomic E-state index is 14.1. The van der Waals surface area contributed by atoms with Gasteiger partial charge in [-0.1, -0.05) is 81.1 Å². The van der Waals surface area contributed by atoms with Crippen LogP contribution in [-0.2, 0) is 28.9 Å². The highest BCUT2D eigenvalue weighted by Crippen LogP contribution is 2.30. The minimum Gasteiger partial charge on any atom is -0.494 e. The van der Waals surface area contributed by atoms with Crippen molar-refractivity contribution in [2.45, 2.75) is 46.6 Å². The number of nitrogens with zero attached hydrogens (tertiary/aromatic N) is 3. The summed E-state index contributed by atoms with van der Waals surface area (Å²) in [4.78, 5) is 23.4. The van der Waals surface area contributed by atoms with E-state index in [1.165, 1.54) is 14.2 Å². The van der Waals surface area contributed by atoms with Crippen LogP contribution in [0.1, 0.15) is 49.8 Å². The smallest absolute Gasteiger partial charge is 0.388 e. The molecule has 3 aromatic carbocycles. The van der Waals surface area contributed by atoms with Gasteiger partial charge in [0.25, 0.3) is 5.56 Å². The average molecular weight is 566 g/mol. The summed E-state index contributed by atoms with van der Waals surface area (Å²) in [6.07, 6.45) is 2.44. The Hall–Kier alpha value is -4.65. The predicted octanol–water partition coefficient (Wildman–Crippen LogP) is 7.16. The Labute approximate surface area is 248 Å². The Morgan fingerprint density at radius 2 is 1.57 bits per heavy atom.